The lowest BCUT2D eigenvalue weighted by Gasteiger charge is -2.37. The van der Waals surface area contributed by atoms with Crippen molar-refractivity contribution in [2.75, 3.05) is 7.11 Å². The van der Waals surface area contributed by atoms with Crippen LogP contribution in [0.1, 0.15) is 27.2 Å². The Kier molecular flexibility index (Phi) is 4.08. The minimum Gasteiger partial charge on any atom is -0.462 e. The normalized spacial score (nSPS) is 44.3. The lowest BCUT2D eigenvalue weighted by molar-refractivity contribution is -0.152. The molecule has 24 heavy (non-hydrogen) atoms. The van der Waals surface area contributed by atoms with Gasteiger partial charge in [0.25, 0.3) is 0 Å². The number of ether oxygens (including phenoxy) is 3. The van der Waals surface area contributed by atoms with Gasteiger partial charge < -0.3 is 19.3 Å². The van der Waals surface area contributed by atoms with Crippen molar-refractivity contribution >= 4 is 11.9 Å². The zero-order chi connectivity index (χ0) is 17.8. The van der Waals surface area contributed by atoms with Gasteiger partial charge in [0.15, 0.2) is 0 Å². The first-order valence-electron chi connectivity index (χ1n) is 8.18. The number of carbonyl (C=O) groups excluding carboxylic acids is 2. The second kappa shape index (κ2) is 5.70. The maximum atomic E-state index is 12.1. The largest absolute Gasteiger partial charge is 0.462 e. The topological polar surface area (TPSA) is 82.1 Å². The van der Waals surface area contributed by atoms with Crippen molar-refractivity contribution in [3.63, 3.8) is 0 Å². The van der Waals surface area contributed by atoms with Gasteiger partial charge in [-0.05, 0) is 13.8 Å². The first kappa shape index (κ1) is 17.2. The fourth-order valence-electron chi connectivity index (χ4n) is 4.72. The molecular weight excluding hydrogens is 312 g/mol. The number of hydrogen-bond donors (Lipinski definition) is 1. The molecular formula is C18H24O6. The predicted octanol–water partition coefficient (Wildman–Crippen LogP) is 1.38. The SMILES string of the molecule is C=C1C(=O)O[C@@H]2[C@H]3C(C)=C[C@H](OC)[C@H]3[C@](C)(O)C[C@H](OC(C)=O)[C@@H]12. The van der Waals surface area contributed by atoms with Crippen molar-refractivity contribution in [2.45, 2.75) is 51.1 Å². The van der Waals surface area contributed by atoms with E-state index >= 15 is 0 Å². The molecule has 3 aliphatic rings. The fourth-order valence-corrected chi connectivity index (χ4v) is 4.72. The molecule has 1 N–H and O–H groups in total. The zero-order valence-corrected chi connectivity index (χ0v) is 14.4. The Morgan fingerprint density at radius 2 is 2.12 bits per heavy atom. The number of methoxy groups -OCH3 is 1. The third-order valence-electron chi connectivity index (χ3n) is 5.63. The van der Waals surface area contributed by atoms with Crippen LogP contribution in [-0.4, -0.2) is 48.1 Å². The number of aliphatic hydroxyl groups is 1. The molecule has 1 saturated carbocycles. The first-order chi connectivity index (χ1) is 11.2. The molecule has 0 radical (unpaired) electrons. The molecule has 0 aromatic carbocycles. The summed E-state index contributed by atoms with van der Waals surface area (Å²) in [5.74, 6) is -1.85. The highest BCUT2D eigenvalue weighted by Crippen LogP contribution is 2.53. The number of carbonyl (C=O) groups is 2. The minimum atomic E-state index is -1.14. The molecule has 6 nitrogen and oxygen atoms in total. The van der Waals surface area contributed by atoms with Crippen LogP contribution in [0.5, 0.6) is 0 Å². The molecule has 0 aromatic heterocycles. The van der Waals surface area contributed by atoms with Gasteiger partial charge in [-0.25, -0.2) is 4.79 Å². The van der Waals surface area contributed by atoms with E-state index in [9.17, 15) is 14.7 Å². The zero-order valence-electron chi connectivity index (χ0n) is 14.4. The van der Waals surface area contributed by atoms with E-state index in [0.717, 1.165) is 5.57 Å². The lowest BCUT2D eigenvalue weighted by Crippen LogP contribution is -2.46. The van der Waals surface area contributed by atoms with Gasteiger partial charge in [0, 0.05) is 37.9 Å². The van der Waals surface area contributed by atoms with Gasteiger partial charge in [0.1, 0.15) is 12.2 Å². The van der Waals surface area contributed by atoms with E-state index in [0.29, 0.717) is 5.57 Å². The molecule has 6 heteroatoms. The first-order valence-corrected chi connectivity index (χ1v) is 8.18. The van der Waals surface area contributed by atoms with Gasteiger partial charge in [0.2, 0.25) is 0 Å². The average Bonchev–Trinajstić information content (AvgIpc) is 2.92. The van der Waals surface area contributed by atoms with Crippen molar-refractivity contribution in [3.8, 4) is 0 Å². The summed E-state index contributed by atoms with van der Waals surface area (Å²) in [6.07, 6.45) is 0.726. The summed E-state index contributed by atoms with van der Waals surface area (Å²) in [7, 11) is 1.60. The molecule has 0 amide bonds. The molecule has 0 unspecified atom stereocenters. The van der Waals surface area contributed by atoms with Crippen LogP contribution < -0.4 is 0 Å². The van der Waals surface area contributed by atoms with Gasteiger partial charge >= 0.3 is 11.9 Å². The highest BCUT2D eigenvalue weighted by Gasteiger charge is 2.61. The van der Waals surface area contributed by atoms with Crippen LogP contribution in [0.15, 0.2) is 23.8 Å². The van der Waals surface area contributed by atoms with E-state index in [-0.39, 0.29) is 24.4 Å². The van der Waals surface area contributed by atoms with Crippen molar-refractivity contribution in [2.24, 2.45) is 17.8 Å². The Hall–Kier alpha value is -1.66. The van der Waals surface area contributed by atoms with Crippen molar-refractivity contribution in [1.29, 1.82) is 0 Å². The van der Waals surface area contributed by atoms with Gasteiger partial charge in [-0.1, -0.05) is 18.2 Å². The second-order valence-electron chi connectivity index (χ2n) is 7.29. The molecule has 1 heterocycles. The molecule has 7 atom stereocenters. The van der Waals surface area contributed by atoms with E-state index in [4.69, 9.17) is 14.2 Å². The highest BCUT2D eigenvalue weighted by atomic mass is 16.6. The Bertz CT molecular complexity index is 619. The Labute approximate surface area is 141 Å². The van der Waals surface area contributed by atoms with Crippen LogP contribution >= 0.6 is 0 Å². The van der Waals surface area contributed by atoms with Crippen LogP contribution in [0.3, 0.4) is 0 Å². The van der Waals surface area contributed by atoms with Crippen LogP contribution in [0.25, 0.3) is 0 Å². The summed E-state index contributed by atoms with van der Waals surface area (Å²) in [5, 5.41) is 11.2. The van der Waals surface area contributed by atoms with E-state index in [1.54, 1.807) is 14.0 Å². The van der Waals surface area contributed by atoms with Crippen molar-refractivity contribution in [1.82, 2.24) is 0 Å². The van der Waals surface area contributed by atoms with Crippen LogP contribution in [0, 0.1) is 17.8 Å². The van der Waals surface area contributed by atoms with Crippen LogP contribution in [-0.2, 0) is 23.8 Å². The maximum Gasteiger partial charge on any atom is 0.334 e. The van der Waals surface area contributed by atoms with E-state index in [1.165, 1.54) is 6.92 Å². The quantitative estimate of drug-likeness (QED) is 0.466. The van der Waals surface area contributed by atoms with Crippen LogP contribution in [0.4, 0.5) is 0 Å². The molecule has 1 aliphatic heterocycles. The monoisotopic (exact) mass is 336 g/mol. The van der Waals surface area contributed by atoms with Crippen LogP contribution in [0.2, 0.25) is 0 Å². The molecule has 0 bridgehead atoms. The van der Waals surface area contributed by atoms with E-state index < -0.39 is 35.7 Å². The van der Waals surface area contributed by atoms with Gasteiger partial charge in [-0.2, -0.15) is 0 Å². The molecule has 2 fully saturated rings. The standard InChI is InChI=1S/C18H24O6/c1-8-6-11(22-5)15-13(8)16-14(9(2)17(20)24-16)12(23-10(3)19)7-18(15,4)21/h6,11-16,21H,2,7H2,1,3-5H3/t11-,12-,13-,14+,15+,16+,18+/m0/s1. The molecule has 3 rings (SSSR count). The summed E-state index contributed by atoms with van der Waals surface area (Å²) < 4.78 is 16.6. The third kappa shape index (κ3) is 2.48. The number of rotatable bonds is 2. The minimum absolute atomic E-state index is 0.196. The maximum absolute atomic E-state index is 12.1. The Balaban J connectivity index is 2.09. The highest BCUT2D eigenvalue weighted by molar-refractivity contribution is 5.91. The Morgan fingerprint density at radius 1 is 1.46 bits per heavy atom. The summed E-state index contributed by atoms with van der Waals surface area (Å²) in [6.45, 7) is 8.84. The number of hydrogen-bond acceptors (Lipinski definition) is 6. The summed E-state index contributed by atoms with van der Waals surface area (Å²) in [5.41, 5.74) is 0.168. The number of esters is 2. The van der Waals surface area contributed by atoms with E-state index in [2.05, 4.69) is 6.58 Å². The summed E-state index contributed by atoms with van der Waals surface area (Å²) >= 11 is 0. The van der Waals surface area contributed by atoms with Gasteiger partial charge in [0.05, 0.1) is 17.6 Å². The van der Waals surface area contributed by atoms with Crippen molar-refractivity contribution < 1.29 is 28.9 Å². The van der Waals surface area contributed by atoms with E-state index in [1.807, 2.05) is 13.0 Å². The van der Waals surface area contributed by atoms with Gasteiger partial charge in [-0.3, -0.25) is 4.79 Å². The van der Waals surface area contributed by atoms with Crippen molar-refractivity contribution in [3.05, 3.63) is 23.8 Å². The Morgan fingerprint density at radius 3 is 2.71 bits per heavy atom. The second-order valence-corrected chi connectivity index (χ2v) is 7.29. The number of fused-ring (bicyclic) bond motifs is 3. The average molecular weight is 336 g/mol. The lowest BCUT2D eigenvalue weighted by atomic mass is 9.75. The fraction of sp³-hybridized carbons (Fsp3) is 0.667. The molecule has 2 aliphatic carbocycles. The predicted molar refractivity (Wildman–Crippen MR) is 84.8 cm³/mol. The molecule has 1 saturated heterocycles. The summed E-state index contributed by atoms with van der Waals surface area (Å²) in [6, 6.07) is 0. The third-order valence-corrected chi connectivity index (χ3v) is 5.63. The molecule has 0 spiro atoms. The smallest absolute Gasteiger partial charge is 0.334 e. The van der Waals surface area contributed by atoms with Gasteiger partial charge in [-0.15, -0.1) is 0 Å². The summed E-state index contributed by atoms with van der Waals surface area (Å²) in [4.78, 5) is 23.7. The molecule has 0 aromatic rings. The molecule has 132 valence electrons.